The van der Waals surface area contributed by atoms with Crippen molar-refractivity contribution in [2.75, 3.05) is 6.54 Å². The first-order valence-corrected chi connectivity index (χ1v) is 6.93. The molecule has 0 amide bonds. The van der Waals surface area contributed by atoms with Crippen LogP contribution < -0.4 is 5.32 Å². The van der Waals surface area contributed by atoms with Crippen LogP contribution in [0.5, 0.6) is 0 Å². The van der Waals surface area contributed by atoms with Gasteiger partial charge < -0.3 is 5.32 Å². The topological polar surface area (TPSA) is 40.7 Å². The van der Waals surface area contributed by atoms with Crippen molar-refractivity contribution in [2.24, 2.45) is 11.8 Å². The summed E-state index contributed by atoms with van der Waals surface area (Å²) < 4.78 is 1.07. The summed E-state index contributed by atoms with van der Waals surface area (Å²) >= 11 is 3.47. The predicted octanol–water partition coefficient (Wildman–Crippen LogP) is 3.09. The summed E-state index contributed by atoms with van der Waals surface area (Å²) in [6.45, 7) is 4.39. The van der Waals surface area contributed by atoms with Crippen LogP contribution in [-0.2, 0) is 6.54 Å². The third-order valence-electron chi connectivity index (χ3n) is 3.54. The van der Waals surface area contributed by atoms with Crippen LogP contribution in [0.3, 0.4) is 0 Å². The molecule has 90 valence electrons. The van der Waals surface area contributed by atoms with Gasteiger partial charge >= 0.3 is 0 Å². The lowest BCUT2D eigenvalue weighted by Gasteiger charge is -2.26. The first-order chi connectivity index (χ1) is 7.75. The average molecular weight is 286 g/mol. The van der Waals surface area contributed by atoms with Crippen molar-refractivity contribution in [2.45, 2.75) is 39.2 Å². The summed E-state index contributed by atoms with van der Waals surface area (Å²) in [4.78, 5) is 0. The molecule has 1 fully saturated rings. The van der Waals surface area contributed by atoms with E-state index in [4.69, 9.17) is 0 Å². The van der Waals surface area contributed by atoms with E-state index >= 15 is 0 Å². The van der Waals surface area contributed by atoms with Crippen molar-refractivity contribution in [1.82, 2.24) is 15.5 Å². The van der Waals surface area contributed by atoms with Crippen molar-refractivity contribution in [1.29, 1.82) is 0 Å². The summed E-state index contributed by atoms with van der Waals surface area (Å²) in [5.74, 6) is 1.82. The van der Waals surface area contributed by atoms with E-state index in [1.807, 2.05) is 0 Å². The molecule has 2 rings (SSSR count). The number of rotatable bonds is 4. The first kappa shape index (κ1) is 12.1. The van der Waals surface area contributed by atoms with Gasteiger partial charge in [0.05, 0.1) is 16.4 Å². The number of halogens is 1. The lowest BCUT2D eigenvalue weighted by atomic mass is 9.83. The van der Waals surface area contributed by atoms with Crippen LogP contribution in [0.2, 0.25) is 0 Å². The molecule has 4 heteroatoms. The Kier molecular flexibility index (Phi) is 4.41. The third kappa shape index (κ3) is 3.32. The van der Waals surface area contributed by atoms with Crippen LogP contribution in [0.15, 0.2) is 10.7 Å². The molecule has 1 aromatic rings. The van der Waals surface area contributed by atoms with E-state index in [1.165, 1.54) is 25.7 Å². The monoisotopic (exact) mass is 285 g/mol. The molecule has 1 aromatic heterocycles. The van der Waals surface area contributed by atoms with Gasteiger partial charge in [0.2, 0.25) is 0 Å². The van der Waals surface area contributed by atoms with Gasteiger partial charge in [0.25, 0.3) is 0 Å². The molecule has 0 aromatic carbocycles. The highest BCUT2D eigenvalue weighted by atomic mass is 79.9. The minimum atomic E-state index is 0.873. The summed E-state index contributed by atoms with van der Waals surface area (Å²) in [6, 6.07) is 0. The van der Waals surface area contributed by atoms with Gasteiger partial charge in [-0.15, -0.1) is 0 Å². The highest BCUT2D eigenvalue weighted by Crippen LogP contribution is 2.27. The molecular formula is C12H20BrN3. The molecule has 3 nitrogen and oxygen atoms in total. The summed E-state index contributed by atoms with van der Waals surface area (Å²) in [7, 11) is 0. The Morgan fingerprint density at radius 1 is 1.44 bits per heavy atom. The molecule has 16 heavy (non-hydrogen) atoms. The maximum atomic E-state index is 3.99. The van der Waals surface area contributed by atoms with E-state index in [2.05, 4.69) is 38.4 Å². The van der Waals surface area contributed by atoms with Crippen molar-refractivity contribution in [3.8, 4) is 0 Å². The van der Waals surface area contributed by atoms with E-state index < -0.39 is 0 Å². The maximum absolute atomic E-state index is 3.99. The van der Waals surface area contributed by atoms with E-state index in [9.17, 15) is 0 Å². The Morgan fingerprint density at radius 3 is 2.81 bits per heavy atom. The fraction of sp³-hybridized carbons (Fsp3) is 0.750. The van der Waals surface area contributed by atoms with Crippen LogP contribution >= 0.6 is 15.9 Å². The van der Waals surface area contributed by atoms with Gasteiger partial charge in [0.1, 0.15) is 0 Å². The van der Waals surface area contributed by atoms with Crippen LogP contribution in [0.4, 0.5) is 0 Å². The zero-order chi connectivity index (χ0) is 11.4. The number of hydrogen-bond acceptors (Lipinski definition) is 2. The van der Waals surface area contributed by atoms with Gasteiger partial charge in [-0.25, -0.2) is 0 Å². The van der Waals surface area contributed by atoms with E-state index in [1.54, 1.807) is 6.20 Å². The molecule has 0 radical (unpaired) electrons. The molecule has 1 saturated carbocycles. The SMILES string of the molecule is CC1CCC(CNCc2[nH]ncc2Br)CC1. The minimum absolute atomic E-state index is 0.873. The number of hydrogen-bond donors (Lipinski definition) is 2. The number of aromatic amines is 1. The van der Waals surface area contributed by atoms with E-state index in [0.717, 1.165) is 35.1 Å². The smallest absolute Gasteiger partial charge is 0.0633 e. The fourth-order valence-electron chi connectivity index (χ4n) is 2.36. The highest BCUT2D eigenvalue weighted by Gasteiger charge is 2.17. The lowest BCUT2D eigenvalue weighted by molar-refractivity contribution is 0.281. The Morgan fingerprint density at radius 2 is 2.19 bits per heavy atom. The highest BCUT2D eigenvalue weighted by molar-refractivity contribution is 9.10. The van der Waals surface area contributed by atoms with Crippen molar-refractivity contribution in [3.63, 3.8) is 0 Å². The summed E-state index contributed by atoms with van der Waals surface area (Å²) in [5, 5.41) is 10.5. The molecule has 0 saturated heterocycles. The molecule has 1 heterocycles. The number of nitrogens with zero attached hydrogens (tertiary/aromatic N) is 1. The maximum Gasteiger partial charge on any atom is 0.0633 e. The second-order valence-electron chi connectivity index (χ2n) is 4.95. The van der Waals surface area contributed by atoms with Crippen molar-refractivity contribution < 1.29 is 0 Å². The normalized spacial score (nSPS) is 25.9. The summed E-state index contributed by atoms with van der Waals surface area (Å²) in [6.07, 6.45) is 7.39. The van der Waals surface area contributed by atoms with Gasteiger partial charge in [0, 0.05) is 6.54 Å². The standard InChI is InChI=1S/C12H20BrN3/c1-9-2-4-10(5-3-9)6-14-8-12-11(13)7-15-16-12/h7,9-10,14H,2-6,8H2,1H3,(H,15,16). The Labute approximate surface area is 106 Å². The molecule has 0 aliphatic heterocycles. The van der Waals surface area contributed by atoms with Crippen LogP contribution in [-0.4, -0.2) is 16.7 Å². The van der Waals surface area contributed by atoms with Gasteiger partial charge in [-0.3, -0.25) is 5.10 Å². The van der Waals surface area contributed by atoms with Gasteiger partial charge in [-0.05, 0) is 47.2 Å². The zero-order valence-electron chi connectivity index (χ0n) is 9.80. The minimum Gasteiger partial charge on any atom is -0.311 e. The first-order valence-electron chi connectivity index (χ1n) is 6.14. The molecule has 0 unspecified atom stereocenters. The van der Waals surface area contributed by atoms with Crippen molar-refractivity contribution >= 4 is 15.9 Å². The van der Waals surface area contributed by atoms with Crippen LogP contribution in [0, 0.1) is 11.8 Å². The number of aromatic nitrogens is 2. The van der Waals surface area contributed by atoms with Crippen LogP contribution in [0.25, 0.3) is 0 Å². The summed E-state index contributed by atoms with van der Waals surface area (Å²) in [5.41, 5.74) is 1.14. The molecule has 1 aliphatic carbocycles. The van der Waals surface area contributed by atoms with Crippen molar-refractivity contribution in [3.05, 3.63) is 16.4 Å². The molecule has 0 atom stereocenters. The average Bonchev–Trinajstić information content (AvgIpc) is 2.68. The Bertz CT molecular complexity index is 316. The zero-order valence-corrected chi connectivity index (χ0v) is 11.4. The Hall–Kier alpha value is -0.350. The molecule has 0 bridgehead atoms. The lowest BCUT2D eigenvalue weighted by Crippen LogP contribution is -2.25. The largest absolute Gasteiger partial charge is 0.311 e. The fourth-order valence-corrected chi connectivity index (χ4v) is 2.69. The molecule has 2 N–H and O–H groups in total. The second kappa shape index (κ2) is 5.82. The molecule has 1 aliphatic rings. The van der Waals surface area contributed by atoms with Gasteiger partial charge in [-0.1, -0.05) is 19.8 Å². The predicted molar refractivity (Wildman–Crippen MR) is 69.1 cm³/mol. The molecular weight excluding hydrogens is 266 g/mol. The Balaban J connectivity index is 1.67. The van der Waals surface area contributed by atoms with E-state index in [-0.39, 0.29) is 0 Å². The van der Waals surface area contributed by atoms with E-state index in [0.29, 0.717) is 0 Å². The second-order valence-corrected chi connectivity index (χ2v) is 5.81. The quantitative estimate of drug-likeness (QED) is 0.893. The third-order valence-corrected chi connectivity index (χ3v) is 4.22. The van der Waals surface area contributed by atoms with Crippen LogP contribution in [0.1, 0.15) is 38.3 Å². The number of H-pyrrole nitrogens is 1. The molecule has 0 spiro atoms. The van der Waals surface area contributed by atoms with Gasteiger partial charge in [0.15, 0.2) is 0 Å². The van der Waals surface area contributed by atoms with Gasteiger partial charge in [-0.2, -0.15) is 5.10 Å². The number of nitrogens with one attached hydrogen (secondary N) is 2.